The number of esters is 1. The van der Waals surface area contributed by atoms with Gasteiger partial charge in [0.1, 0.15) is 18.1 Å². The lowest BCUT2D eigenvalue weighted by molar-refractivity contribution is -0.144. The predicted molar refractivity (Wildman–Crippen MR) is 226 cm³/mol. The highest BCUT2D eigenvalue weighted by molar-refractivity contribution is 6.00. The van der Waals surface area contributed by atoms with Gasteiger partial charge in [0, 0.05) is 55.9 Å². The quantitative estimate of drug-likeness (QED) is 0.0610. The van der Waals surface area contributed by atoms with Crippen LogP contribution in [-0.4, -0.2) is 110 Å². The molecule has 2 aromatic carbocycles. The molecule has 1 aliphatic rings. The van der Waals surface area contributed by atoms with E-state index in [1.165, 1.54) is 0 Å². The molecule has 1 N–H and O–H groups in total. The molecule has 0 saturated heterocycles. The van der Waals surface area contributed by atoms with Crippen molar-refractivity contribution >= 4 is 29.1 Å². The van der Waals surface area contributed by atoms with E-state index in [9.17, 15) is 19.2 Å². The van der Waals surface area contributed by atoms with Gasteiger partial charge in [0.25, 0.3) is 0 Å². The summed E-state index contributed by atoms with van der Waals surface area (Å²) in [6, 6.07) is 15.6. The number of methoxy groups -OCH3 is 1. The van der Waals surface area contributed by atoms with Crippen molar-refractivity contribution in [3.8, 4) is 22.5 Å². The van der Waals surface area contributed by atoms with Gasteiger partial charge in [0.05, 0.1) is 76.8 Å². The van der Waals surface area contributed by atoms with Gasteiger partial charge in [-0.2, -0.15) is 0 Å². The number of benzene rings is 2. The minimum Gasteiger partial charge on any atom is -0.464 e. The summed E-state index contributed by atoms with van der Waals surface area (Å²) in [5, 5.41) is 12.5. The van der Waals surface area contributed by atoms with E-state index in [4.69, 9.17) is 23.7 Å². The number of Topliss-reactive ketones (excluding diaryl/α,β-unsaturated/α-hetero) is 2. The minimum atomic E-state index is -0.280. The molecule has 1 aliphatic heterocycles. The number of amides is 1. The zero-order valence-electron chi connectivity index (χ0n) is 35.7. The number of aromatic nitrogens is 3. The Morgan fingerprint density at radius 1 is 0.729 bits per heavy atom. The number of unbranched alkanes of at least 4 members (excludes halogenated alkanes) is 2. The number of hydrogen-bond acceptors (Lipinski definition) is 12. The smallest absolute Gasteiger partial charge is 0.305 e. The third kappa shape index (κ3) is 15.6. The molecule has 14 nitrogen and oxygen atoms in total. The summed E-state index contributed by atoms with van der Waals surface area (Å²) < 4.78 is 28.7. The Bertz CT molecular complexity index is 1760. The number of carbonyl (C=O) groups is 4. The SMILES string of the molecule is COCCOCCOCCOCCC(=O)CCCC(=O)N1Cc2ccccc2-c2nnn(CCOC(=O)CCCCCC(NC(C)C)C(=O)C(C)C)c2-c2ccccc21. The largest absolute Gasteiger partial charge is 0.464 e. The average molecular weight is 820 g/mol. The molecule has 1 atom stereocenters. The van der Waals surface area contributed by atoms with Gasteiger partial charge >= 0.3 is 5.97 Å². The second-order valence-electron chi connectivity index (χ2n) is 15.4. The number of carbonyl (C=O) groups excluding carboxylic acids is 4. The zero-order chi connectivity index (χ0) is 42.4. The number of rotatable bonds is 29. The van der Waals surface area contributed by atoms with Crippen LogP contribution in [0.3, 0.4) is 0 Å². The van der Waals surface area contributed by atoms with Gasteiger partial charge in [-0.1, -0.05) is 88.2 Å². The van der Waals surface area contributed by atoms with E-state index in [-0.39, 0.29) is 73.9 Å². The number of fused-ring (bicyclic) bond motifs is 5. The summed E-state index contributed by atoms with van der Waals surface area (Å²) in [6.07, 6.45) is 4.59. The molecule has 4 rings (SSSR count). The predicted octanol–water partition coefficient (Wildman–Crippen LogP) is 6.37. The van der Waals surface area contributed by atoms with Crippen LogP contribution in [0.15, 0.2) is 48.5 Å². The van der Waals surface area contributed by atoms with Crippen LogP contribution in [0.5, 0.6) is 0 Å². The van der Waals surface area contributed by atoms with E-state index in [2.05, 4.69) is 15.6 Å². The van der Waals surface area contributed by atoms with Crippen LogP contribution in [0.2, 0.25) is 0 Å². The molecular weight excluding hydrogens is 755 g/mol. The minimum absolute atomic E-state index is 0.0263. The van der Waals surface area contributed by atoms with E-state index < -0.39 is 0 Å². The first-order chi connectivity index (χ1) is 28.6. The Balaban J connectivity index is 1.29. The maximum absolute atomic E-state index is 14.0. The van der Waals surface area contributed by atoms with Gasteiger partial charge < -0.3 is 33.9 Å². The lowest BCUT2D eigenvalue weighted by Crippen LogP contribution is -2.42. The van der Waals surface area contributed by atoms with Crippen LogP contribution in [0, 0.1) is 5.92 Å². The van der Waals surface area contributed by atoms with Crippen molar-refractivity contribution in [2.24, 2.45) is 5.92 Å². The van der Waals surface area contributed by atoms with Crippen LogP contribution >= 0.6 is 0 Å². The first-order valence-corrected chi connectivity index (χ1v) is 21.2. The fourth-order valence-electron chi connectivity index (χ4n) is 6.99. The van der Waals surface area contributed by atoms with Crippen molar-refractivity contribution in [3.05, 3.63) is 54.1 Å². The van der Waals surface area contributed by atoms with Gasteiger partial charge in [0.15, 0.2) is 5.78 Å². The molecular formula is C45H65N5O9. The molecule has 59 heavy (non-hydrogen) atoms. The van der Waals surface area contributed by atoms with Crippen LogP contribution in [-0.2, 0) is 56.0 Å². The lowest BCUT2D eigenvalue weighted by atomic mass is 9.95. The molecule has 0 fully saturated rings. The monoisotopic (exact) mass is 819 g/mol. The number of nitrogens with one attached hydrogen (secondary N) is 1. The number of para-hydroxylation sites is 1. The number of ether oxygens (including phenoxy) is 5. The number of ketones is 2. The third-order valence-corrected chi connectivity index (χ3v) is 10.0. The normalized spacial score (nSPS) is 12.8. The van der Waals surface area contributed by atoms with Gasteiger partial charge in [-0.05, 0) is 30.9 Å². The second kappa shape index (κ2) is 26.0. The van der Waals surface area contributed by atoms with Gasteiger partial charge in [0.2, 0.25) is 5.91 Å². The average Bonchev–Trinajstić information content (AvgIpc) is 3.63. The molecule has 1 unspecified atom stereocenters. The van der Waals surface area contributed by atoms with Gasteiger partial charge in [-0.15, -0.1) is 5.10 Å². The number of nitrogens with zero attached hydrogens (tertiary/aromatic N) is 4. The van der Waals surface area contributed by atoms with Crippen LogP contribution in [0.4, 0.5) is 5.69 Å². The second-order valence-corrected chi connectivity index (χ2v) is 15.4. The van der Waals surface area contributed by atoms with Crippen molar-refractivity contribution in [1.29, 1.82) is 0 Å². The van der Waals surface area contributed by atoms with Crippen molar-refractivity contribution in [3.63, 3.8) is 0 Å². The van der Waals surface area contributed by atoms with Crippen molar-refractivity contribution < 1.29 is 42.9 Å². The zero-order valence-corrected chi connectivity index (χ0v) is 35.7. The topological polar surface area (TPSA) is 160 Å². The lowest BCUT2D eigenvalue weighted by Gasteiger charge is -2.29. The summed E-state index contributed by atoms with van der Waals surface area (Å²) in [5.74, 6) is -0.123. The molecule has 0 spiro atoms. The summed E-state index contributed by atoms with van der Waals surface area (Å²) in [6.45, 7) is 11.8. The molecule has 14 heteroatoms. The Labute approximate surface area is 349 Å². The fraction of sp³-hybridized carbons (Fsp3) is 0.600. The van der Waals surface area contributed by atoms with E-state index in [1.54, 1.807) is 16.7 Å². The number of hydrogen-bond donors (Lipinski definition) is 1. The molecule has 1 amide bonds. The highest BCUT2D eigenvalue weighted by Crippen LogP contribution is 2.41. The molecule has 3 aromatic rings. The van der Waals surface area contributed by atoms with Gasteiger partial charge in [-0.25, -0.2) is 4.68 Å². The Morgan fingerprint density at radius 3 is 2.12 bits per heavy atom. The van der Waals surface area contributed by atoms with Crippen LogP contribution in [0.25, 0.3) is 22.5 Å². The summed E-state index contributed by atoms with van der Waals surface area (Å²) >= 11 is 0. The standard InChI is InChI=1S/C45H65N5O9/c1-33(2)45(54)39(46-34(3)4)18-7-6-8-21-42(53)59-25-23-50-44-38-17-11-12-19-40(38)49(32-35-14-9-10-16-37(35)43(44)47-48-50)41(52)20-13-15-36(51)22-24-56-28-29-58-31-30-57-27-26-55-5/h9-12,14,16-17,19,33-34,39,46H,6-8,13,15,18,20-32H2,1-5H3. The van der Waals surface area contributed by atoms with Crippen molar-refractivity contribution in [2.45, 2.75) is 111 Å². The Morgan fingerprint density at radius 2 is 1.41 bits per heavy atom. The maximum Gasteiger partial charge on any atom is 0.305 e. The first kappa shape index (κ1) is 47.3. The molecule has 324 valence electrons. The molecule has 2 heterocycles. The first-order valence-electron chi connectivity index (χ1n) is 21.2. The van der Waals surface area contributed by atoms with Crippen molar-refractivity contribution in [1.82, 2.24) is 20.3 Å². The van der Waals surface area contributed by atoms with Crippen LogP contribution in [0.1, 0.15) is 91.0 Å². The third-order valence-electron chi connectivity index (χ3n) is 10.0. The van der Waals surface area contributed by atoms with E-state index >= 15 is 0 Å². The fourth-order valence-corrected chi connectivity index (χ4v) is 6.99. The maximum atomic E-state index is 14.0. The molecule has 0 bridgehead atoms. The summed E-state index contributed by atoms with van der Waals surface area (Å²) in [7, 11) is 1.63. The van der Waals surface area contributed by atoms with E-state index in [0.29, 0.717) is 77.7 Å². The highest BCUT2D eigenvalue weighted by atomic mass is 16.6. The van der Waals surface area contributed by atoms with Crippen LogP contribution < -0.4 is 10.2 Å². The number of anilines is 1. The van der Waals surface area contributed by atoms with Gasteiger partial charge in [-0.3, -0.25) is 19.2 Å². The Kier molecular flexibility index (Phi) is 20.9. The summed E-state index contributed by atoms with van der Waals surface area (Å²) in [5.41, 5.74) is 4.73. The molecule has 1 aromatic heterocycles. The van der Waals surface area contributed by atoms with E-state index in [1.807, 2.05) is 76.2 Å². The molecule has 0 aliphatic carbocycles. The summed E-state index contributed by atoms with van der Waals surface area (Å²) in [4.78, 5) is 53.7. The molecule has 0 saturated carbocycles. The van der Waals surface area contributed by atoms with E-state index in [0.717, 1.165) is 47.3 Å². The molecule has 0 radical (unpaired) electrons. The van der Waals surface area contributed by atoms with Crippen molar-refractivity contribution in [2.75, 3.05) is 64.9 Å². The Hall–Kier alpha value is -4.34. The highest BCUT2D eigenvalue weighted by Gasteiger charge is 2.29.